The molecule has 2 heterocycles. The fourth-order valence-corrected chi connectivity index (χ4v) is 8.83. The van der Waals surface area contributed by atoms with Gasteiger partial charge in [0.05, 0.1) is 44.4 Å². The third-order valence-electron chi connectivity index (χ3n) is 9.91. The maximum atomic E-state index is 14.1. The summed E-state index contributed by atoms with van der Waals surface area (Å²) >= 11 is 0. The van der Waals surface area contributed by atoms with Gasteiger partial charge in [-0.05, 0) is 67.5 Å². The number of amides is 2. The maximum Gasteiger partial charge on any atom is 0.246 e. The molecule has 3 atom stereocenters. The second-order valence-corrected chi connectivity index (χ2v) is 15.0. The SMILES string of the molecule is CCC(C)C(Nc1ccc2c(cc1=O)C(NC(C)=O)CCc1cc(OC)c(OC)c(OC)c1-2)C(=O)N1CCN(S(=O)(=O)c2c(C)n[nH]c2C)CC1. The quantitative estimate of drug-likeness (QED) is 0.266. The first-order chi connectivity index (χ1) is 24.3. The van der Waals surface area contributed by atoms with Crippen LogP contribution in [0.1, 0.15) is 62.2 Å². The number of rotatable bonds is 11. The van der Waals surface area contributed by atoms with E-state index in [-0.39, 0.29) is 59.9 Å². The molecule has 1 aliphatic carbocycles. The second-order valence-electron chi connectivity index (χ2n) is 13.1. The molecule has 1 fully saturated rings. The molecule has 1 aromatic heterocycles. The van der Waals surface area contributed by atoms with Gasteiger partial charge in [0.15, 0.2) is 11.5 Å². The fraction of sp³-hybridized carbons (Fsp3) is 0.500. The van der Waals surface area contributed by atoms with Crippen molar-refractivity contribution in [3.63, 3.8) is 0 Å². The van der Waals surface area contributed by atoms with Crippen LogP contribution in [0.25, 0.3) is 11.1 Å². The van der Waals surface area contributed by atoms with Gasteiger partial charge in [-0.15, -0.1) is 0 Å². The van der Waals surface area contributed by atoms with Gasteiger partial charge >= 0.3 is 0 Å². The first kappa shape index (κ1) is 37.6. The van der Waals surface area contributed by atoms with Crippen molar-refractivity contribution >= 4 is 27.5 Å². The topological polar surface area (TPSA) is 172 Å². The zero-order valence-electron chi connectivity index (χ0n) is 30.5. The predicted octanol–water partition coefficient (Wildman–Crippen LogP) is 3.56. The van der Waals surface area contributed by atoms with Crippen molar-refractivity contribution in [1.82, 2.24) is 24.7 Å². The average molecular weight is 725 g/mol. The van der Waals surface area contributed by atoms with E-state index in [9.17, 15) is 22.8 Å². The molecule has 15 heteroatoms. The van der Waals surface area contributed by atoms with Gasteiger partial charge in [-0.25, -0.2) is 8.42 Å². The number of ether oxygens (including phenoxy) is 3. The van der Waals surface area contributed by atoms with Crippen molar-refractivity contribution in [1.29, 1.82) is 0 Å². The number of H-pyrrole nitrogens is 1. The van der Waals surface area contributed by atoms with Gasteiger partial charge in [-0.2, -0.15) is 9.40 Å². The maximum absolute atomic E-state index is 14.1. The van der Waals surface area contributed by atoms with Crippen LogP contribution in [-0.4, -0.2) is 93.2 Å². The number of aromatic nitrogens is 2. The van der Waals surface area contributed by atoms with Crippen molar-refractivity contribution in [3.8, 4) is 28.4 Å². The molecular weight excluding hydrogens is 676 g/mol. The molecule has 0 saturated carbocycles. The first-order valence-electron chi connectivity index (χ1n) is 17.1. The molecule has 3 aromatic rings. The highest BCUT2D eigenvalue weighted by Gasteiger charge is 2.36. The summed E-state index contributed by atoms with van der Waals surface area (Å²) < 4.78 is 45.4. The van der Waals surface area contributed by atoms with Gasteiger partial charge in [0.25, 0.3) is 0 Å². The Morgan fingerprint density at radius 1 is 1.04 bits per heavy atom. The van der Waals surface area contributed by atoms with Gasteiger partial charge in [0, 0.05) is 38.7 Å². The van der Waals surface area contributed by atoms with Crippen molar-refractivity contribution in [3.05, 3.63) is 57.0 Å². The van der Waals surface area contributed by atoms with E-state index in [0.29, 0.717) is 59.0 Å². The van der Waals surface area contributed by atoms with Crippen LogP contribution >= 0.6 is 0 Å². The lowest BCUT2D eigenvalue weighted by Crippen LogP contribution is -2.55. The number of piperazine rings is 1. The number of nitrogens with one attached hydrogen (secondary N) is 3. The molecule has 0 spiro atoms. The summed E-state index contributed by atoms with van der Waals surface area (Å²) in [4.78, 5) is 42.3. The minimum Gasteiger partial charge on any atom is -0.493 e. The van der Waals surface area contributed by atoms with E-state index >= 15 is 0 Å². The van der Waals surface area contributed by atoms with Gasteiger partial charge < -0.3 is 29.7 Å². The number of benzene rings is 1. The number of aromatic amines is 1. The second kappa shape index (κ2) is 15.3. The van der Waals surface area contributed by atoms with E-state index in [4.69, 9.17) is 14.2 Å². The van der Waals surface area contributed by atoms with Crippen molar-refractivity contribution in [2.45, 2.75) is 70.9 Å². The molecule has 51 heavy (non-hydrogen) atoms. The number of nitrogens with zero attached hydrogens (tertiary/aromatic N) is 3. The summed E-state index contributed by atoms with van der Waals surface area (Å²) in [5.74, 6) is 0.728. The highest BCUT2D eigenvalue weighted by molar-refractivity contribution is 7.89. The number of hydrogen-bond acceptors (Lipinski definition) is 10. The summed E-state index contributed by atoms with van der Waals surface area (Å²) in [5, 5.41) is 13.1. The van der Waals surface area contributed by atoms with Crippen molar-refractivity contribution < 1.29 is 32.2 Å². The average Bonchev–Trinajstić information content (AvgIpc) is 3.29. The van der Waals surface area contributed by atoms with Crippen molar-refractivity contribution in [2.24, 2.45) is 5.92 Å². The zero-order valence-corrected chi connectivity index (χ0v) is 31.3. The minimum atomic E-state index is -3.80. The molecule has 0 bridgehead atoms. The third-order valence-corrected chi connectivity index (χ3v) is 12.1. The first-order valence-corrected chi connectivity index (χ1v) is 18.6. The minimum absolute atomic E-state index is 0.130. The lowest BCUT2D eigenvalue weighted by Gasteiger charge is -2.37. The van der Waals surface area contributed by atoms with Crippen LogP contribution in [0.4, 0.5) is 5.69 Å². The molecule has 2 amide bonds. The summed E-state index contributed by atoms with van der Waals surface area (Å²) in [7, 11) is 0.825. The molecule has 1 saturated heterocycles. The molecule has 1 aliphatic heterocycles. The van der Waals surface area contributed by atoms with Gasteiger partial charge in [0.2, 0.25) is 33.0 Å². The zero-order chi connectivity index (χ0) is 37.2. The number of anilines is 1. The highest BCUT2D eigenvalue weighted by atomic mass is 32.2. The number of carbonyl (C=O) groups excluding carboxylic acids is 2. The standard InChI is InChI=1S/C36H48N6O8S/c1-9-20(2)32(36(45)41-14-16-42(17-15-41)51(46,47)35-21(3)39-40-22(35)4)38-28-13-11-25-26(19-29(28)44)27(37-23(5)43)12-10-24-18-30(48-6)33(49-7)34(50-8)31(24)25/h11,13,18-20,27,32H,9-10,12,14-17H2,1-8H3,(H,37,43)(H,38,44)(H,39,40). The summed E-state index contributed by atoms with van der Waals surface area (Å²) in [6.07, 6.45) is 1.73. The van der Waals surface area contributed by atoms with E-state index in [2.05, 4.69) is 20.8 Å². The Bertz CT molecular complexity index is 1950. The smallest absolute Gasteiger partial charge is 0.246 e. The lowest BCUT2D eigenvalue weighted by atomic mass is 9.95. The van der Waals surface area contributed by atoms with E-state index in [1.807, 2.05) is 26.0 Å². The van der Waals surface area contributed by atoms with Crippen molar-refractivity contribution in [2.75, 3.05) is 52.8 Å². The number of fused-ring (bicyclic) bond motifs is 3. The monoisotopic (exact) mass is 724 g/mol. The number of aryl methyl sites for hydroxylation is 3. The molecule has 276 valence electrons. The van der Waals surface area contributed by atoms with E-state index in [1.54, 1.807) is 39.0 Å². The highest BCUT2D eigenvalue weighted by Crippen LogP contribution is 2.50. The lowest BCUT2D eigenvalue weighted by molar-refractivity contribution is -0.134. The number of carbonyl (C=O) groups is 2. The van der Waals surface area contributed by atoms with E-state index in [0.717, 1.165) is 11.1 Å². The summed E-state index contributed by atoms with van der Waals surface area (Å²) in [6.45, 7) is 9.33. The van der Waals surface area contributed by atoms with Crippen LogP contribution in [-0.2, 0) is 26.0 Å². The van der Waals surface area contributed by atoms with E-state index in [1.165, 1.54) is 24.4 Å². The normalized spacial score (nSPS) is 17.3. The van der Waals surface area contributed by atoms with Crippen LogP contribution in [0.2, 0.25) is 0 Å². The summed E-state index contributed by atoms with van der Waals surface area (Å²) in [6, 6.07) is 5.65. The molecule has 3 N–H and O–H groups in total. The van der Waals surface area contributed by atoms with Crippen LogP contribution < -0.4 is 30.3 Å². The molecular formula is C36H48N6O8S. The Hall–Kier alpha value is -4.63. The van der Waals surface area contributed by atoms with Crippen LogP contribution in [0.15, 0.2) is 34.0 Å². The molecule has 3 unspecified atom stereocenters. The fourth-order valence-electron chi connectivity index (χ4n) is 7.07. The Kier molecular flexibility index (Phi) is 11.3. The van der Waals surface area contributed by atoms with Gasteiger partial charge in [0.1, 0.15) is 10.9 Å². The Morgan fingerprint density at radius 3 is 2.29 bits per heavy atom. The largest absolute Gasteiger partial charge is 0.493 e. The Labute approximate surface area is 298 Å². The molecule has 0 radical (unpaired) electrons. The van der Waals surface area contributed by atoms with Crippen LogP contribution in [0, 0.1) is 19.8 Å². The molecule has 2 aromatic carbocycles. The summed E-state index contributed by atoms with van der Waals surface area (Å²) in [5.41, 5.74) is 3.65. The number of hydrogen-bond donors (Lipinski definition) is 3. The van der Waals surface area contributed by atoms with Gasteiger partial charge in [-0.1, -0.05) is 26.3 Å². The third kappa shape index (κ3) is 7.27. The molecule has 2 aliphatic rings. The van der Waals surface area contributed by atoms with Crippen LogP contribution in [0.5, 0.6) is 17.2 Å². The Morgan fingerprint density at radius 2 is 1.73 bits per heavy atom. The van der Waals surface area contributed by atoms with E-state index < -0.39 is 22.1 Å². The predicted molar refractivity (Wildman–Crippen MR) is 193 cm³/mol. The molecule has 14 nitrogen and oxygen atoms in total. The van der Waals surface area contributed by atoms with Crippen LogP contribution in [0.3, 0.4) is 0 Å². The Balaban J connectivity index is 1.50. The molecule has 5 rings (SSSR count). The van der Waals surface area contributed by atoms with Gasteiger partial charge in [-0.3, -0.25) is 19.5 Å². The number of methoxy groups -OCH3 is 3. The number of sulfonamides is 1.